The first-order valence-electron chi connectivity index (χ1n) is 9.96. The molecule has 0 amide bonds. The highest BCUT2D eigenvalue weighted by molar-refractivity contribution is 5.91. The van der Waals surface area contributed by atoms with Gasteiger partial charge < -0.3 is 15.3 Å². The van der Waals surface area contributed by atoms with Crippen LogP contribution in [0.3, 0.4) is 0 Å². The van der Waals surface area contributed by atoms with Crippen LogP contribution in [0.4, 0.5) is 0 Å². The van der Waals surface area contributed by atoms with Gasteiger partial charge in [-0.1, -0.05) is 19.4 Å². The van der Waals surface area contributed by atoms with E-state index >= 15 is 0 Å². The highest BCUT2D eigenvalue weighted by Crippen LogP contribution is 2.67. The molecule has 0 aromatic carbocycles. The fourth-order valence-corrected chi connectivity index (χ4v) is 7.28. The average Bonchev–Trinajstić information content (AvgIpc) is 2.86. The minimum atomic E-state index is -1.54. The van der Waals surface area contributed by atoms with Gasteiger partial charge in [0.05, 0.1) is 6.10 Å². The Labute approximate surface area is 156 Å². The molecule has 0 aliphatic heterocycles. The SMILES string of the molecule is C[C@]12CCC(=O)C=C1CC[C@@H]1[C@@H]2[C@@H](O)C[C@@]2(C)[C@H]1CC[C@]2(O)C(=O)CO.[H+]. The molecular weight excluding hydrogens is 332 g/mol. The van der Waals surface area contributed by atoms with Gasteiger partial charge in [-0.15, -0.1) is 0 Å². The highest BCUT2D eigenvalue weighted by Gasteiger charge is 2.68. The second-order valence-corrected chi connectivity index (χ2v) is 9.56. The van der Waals surface area contributed by atoms with Crippen molar-refractivity contribution in [3.8, 4) is 0 Å². The van der Waals surface area contributed by atoms with Crippen LogP contribution in [0.15, 0.2) is 11.6 Å². The molecule has 0 spiro atoms. The number of hydrogen-bond acceptors (Lipinski definition) is 5. The van der Waals surface area contributed by atoms with Crippen LogP contribution in [0.2, 0.25) is 0 Å². The van der Waals surface area contributed by atoms with E-state index in [4.69, 9.17) is 0 Å². The second-order valence-electron chi connectivity index (χ2n) is 9.56. The first kappa shape index (κ1) is 18.3. The Bertz CT molecular complexity index is 690. The maximum Gasteiger partial charge on any atom is 1.00 e. The number of fused-ring (bicyclic) bond motifs is 5. The van der Waals surface area contributed by atoms with E-state index in [9.17, 15) is 24.9 Å². The topological polar surface area (TPSA) is 94.8 Å². The van der Waals surface area contributed by atoms with Gasteiger partial charge >= 0.3 is 1.43 Å². The van der Waals surface area contributed by atoms with Crippen molar-refractivity contribution in [1.29, 1.82) is 0 Å². The lowest BCUT2D eigenvalue weighted by Crippen LogP contribution is -2.62. The predicted molar refractivity (Wildman–Crippen MR) is 96.3 cm³/mol. The Morgan fingerprint density at radius 1 is 1.27 bits per heavy atom. The molecule has 144 valence electrons. The third-order valence-corrected chi connectivity index (χ3v) is 8.65. The molecule has 5 heteroatoms. The zero-order valence-electron chi connectivity index (χ0n) is 16.7. The van der Waals surface area contributed by atoms with E-state index in [0.717, 1.165) is 25.7 Å². The Kier molecular flexibility index (Phi) is 4.04. The van der Waals surface area contributed by atoms with E-state index in [1.165, 1.54) is 5.57 Å². The Morgan fingerprint density at radius 3 is 2.69 bits per heavy atom. The van der Waals surface area contributed by atoms with Gasteiger partial charge in [-0.2, -0.15) is 0 Å². The molecular formula is C21H31O5+. The van der Waals surface area contributed by atoms with Crippen LogP contribution in [0.1, 0.15) is 60.2 Å². The van der Waals surface area contributed by atoms with Crippen molar-refractivity contribution in [3.05, 3.63) is 11.6 Å². The molecule has 0 heterocycles. The summed E-state index contributed by atoms with van der Waals surface area (Å²) in [6, 6.07) is 0. The van der Waals surface area contributed by atoms with Gasteiger partial charge in [-0.25, -0.2) is 0 Å². The molecule has 4 rings (SSSR count). The van der Waals surface area contributed by atoms with Crippen LogP contribution < -0.4 is 0 Å². The molecule has 3 saturated carbocycles. The van der Waals surface area contributed by atoms with Crippen LogP contribution in [-0.4, -0.2) is 45.2 Å². The summed E-state index contributed by atoms with van der Waals surface area (Å²) in [6.45, 7) is 3.46. The van der Waals surface area contributed by atoms with Gasteiger partial charge in [0.15, 0.2) is 11.6 Å². The van der Waals surface area contributed by atoms with Gasteiger partial charge in [0.1, 0.15) is 12.2 Å². The van der Waals surface area contributed by atoms with Gasteiger partial charge in [0, 0.05) is 11.8 Å². The lowest BCUT2D eigenvalue weighted by molar-refractivity contribution is -0.182. The van der Waals surface area contributed by atoms with Crippen molar-refractivity contribution in [1.82, 2.24) is 0 Å². The van der Waals surface area contributed by atoms with Crippen molar-refractivity contribution < 1.29 is 26.3 Å². The summed E-state index contributed by atoms with van der Waals surface area (Å²) in [5.74, 6) is 0.140. The third kappa shape index (κ3) is 2.14. The zero-order valence-corrected chi connectivity index (χ0v) is 15.7. The van der Waals surface area contributed by atoms with Gasteiger partial charge in [0.25, 0.3) is 0 Å². The van der Waals surface area contributed by atoms with Crippen LogP contribution in [-0.2, 0) is 9.59 Å². The monoisotopic (exact) mass is 363 g/mol. The maximum absolute atomic E-state index is 12.4. The molecule has 0 aromatic rings. The largest absolute Gasteiger partial charge is 1.00 e. The average molecular weight is 363 g/mol. The molecule has 0 aromatic heterocycles. The number of Topliss-reactive ketones (excluding diaryl/α,β-unsaturated/α-hetero) is 1. The molecule has 4 aliphatic rings. The molecule has 3 fully saturated rings. The van der Waals surface area contributed by atoms with Crippen molar-refractivity contribution in [2.45, 2.75) is 70.5 Å². The lowest BCUT2D eigenvalue weighted by Gasteiger charge is -2.60. The van der Waals surface area contributed by atoms with Crippen LogP contribution in [0.5, 0.6) is 0 Å². The van der Waals surface area contributed by atoms with Gasteiger partial charge in [-0.05, 0) is 67.8 Å². The highest BCUT2D eigenvalue weighted by atomic mass is 16.3. The number of hydrogen-bond donors (Lipinski definition) is 3. The Morgan fingerprint density at radius 2 is 2.00 bits per heavy atom. The second kappa shape index (κ2) is 5.73. The van der Waals surface area contributed by atoms with Crippen LogP contribution in [0.25, 0.3) is 0 Å². The Balaban J connectivity index is 0.00000210. The van der Waals surface area contributed by atoms with Crippen LogP contribution in [0, 0.1) is 28.6 Å². The number of carbonyl (C=O) groups excluding carboxylic acids is 2. The van der Waals surface area contributed by atoms with Crippen molar-refractivity contribution in [2.24, 2.45) is 28.6 Å². The van der Waals surface area contributed by atoms with E-state index in [2.05, 4.69) is 6.92 Å². The summed E-state index contributed by atoms with van der Waals surface area (Å²) >= 11 is 0. The van der Waals surface area contributed by atoms with Crippen molar-refractivity contribution in [2.75, 3.05) is 6.61 Å². The summed E-state index contributed by atoms with van der Waals surface area (Å²) in [5, 5.41) is 31.7. The number of aliphatic hydroxyl groups is 3. The molecule has 7 atom stereocenters. The van der Waals surface area contributed by atoms with E-state index in [1.54, 1.807) is 6.08 Å². The van der Waals surface area contributed by atoms with Crippen LogP contribution >= 0.6 is 0 Å². The fourth-order valence-electron chi connectivity index (χ4n) is 7.28. The molecule has 0 radical (unpaired) electrons. The number of allylic oxidation sites excluding steroid dienone is 1. The van der Waals surface area contributed by atoms with E-state index in [1.807, 2.05) is 6.92 Å². The fraction of sp³-hybridized carbons (Fsp3) is 0.810. The normalized spacial score (nSPS) is 50.5. The number of ketones is 2. The lowest BCUT2D eigenvalue weighted by atomic mass is 9.45. The molecule has 4 aliphatic carbocycles. The minimum Gasteiger partial charge on any atom is -0.393 e. The smallest absolute Gasteiger partial charge is 0.393 e. The van der Waals surface area contributed by atoms with Crippen molar-refractivity contribution >= 4 is 11.6 Å². The summed E-state index contributed by atoms with van der Waals surface area (Å²) < 4.78 is 0. The maximum atomic E-state index is 12.4. The summed E-state index contributed by atoms with van der Waals surface area (Å²) in [6.07, 6.45) is 5.74. The molecule has 0 bridgehead atoms. The first-order chi connectivity index (χ1) is 12.2. The molecule has 26 heavy (non-hydrogen) atoms. The minimum absolute atomic E-state index is 0. The predicted octanol–water partition coefficient (Wildman–Crippen LogP) is 1.89. The summed E-state index contributed by atoms with van der Waals surface area (Å²) in [7, 11) is 0. The van der Waals surface area contributed by atoms with Gasteiger partial charge in [0.2, 0.25) is 0 Å². The molecule has 0 saturated heterocycles. The summed E-state index contributed by atoms with van der Waals surface area (Å²) in [4.78, 5) is 24.3. The number of aliphatic hydroxyl groups excluding tert-OH is 2. The quantitative estimate of drug-likeness (QED) is 0.696. The standard InChI is InChI=1S/C21H30O5/c1-19-7-5-13(23)9-12(19)3-4-14-15-6-8-21(26,17(25)11-22)20(15,2)10-16(24)18(14)19/h9,14-16,18,22,24,26H,3-8,10-11H2,1-2H3/p+1/t14-,15-,16-,18+,19-,20-,21-/m0/s1. The molecule has 5 nitrogen and oxygen atoms in total. The third-order valence-electron chi connectivity index (χ3n) is 8.65. The number of rotatable bonds is 2. The van der Waals surface area contributed by atoms with Crippen molar-refractivity contribution in [3.63, 3.8) is 0 Å². The molecule has 3 N–H and O–H groups in total. The van der Waals surface area contributed by atoms with E-state index in [-0.39, 0.29) is 30.4 Å². The first-order valence-corrected chi connectivity index (χ1v) is 9.96. The molecule has 0 unspecified atom stereocenters. The number of carbonyl (C=O) groups is 2. The zero-order chi connectivity index (χ0) is 18.9. The van der Waals surface area contributed by atoms with E-state index in [0.29, 0.717) is 19.3 Å². The van der Waals surface area contributed by atoms with E-state index < -0.39 is 29.5 Å². The summed E-state index contributed by atoms with van der Waals surface area (Å²) in [5.41, 5.74) is -1.23. The van der Waals surface area contributed by atoms with Gasteiger partial charge in [-0.3, -0.25) is 9.59 Å². The Hall–Kier alpha value is -1.04.